The van der Waals surface area contributed by atoms with Crippen molar-refractivity contribution in [3.05, 3.63) is 41.7 Å². The van der Waals surface area contributed by atoms with Crippen molar-refractivity contribution in [3.8, 4) is 5.75 Å². The number of hydrogen-bond acceptors (Lipinski definition) is 9. The lowest BCUT2D eigenvalue weighted by atomic mass is 9.90. The van der Waals surface area contributed by atoms with Crippen molar-refractivity contribution in [1.29, 1.82) is 0 Å². The first kappa shape index (κ1) is 23.7. The minimum absolute atomic E-state index is 0.0365. The van der Waals surface area contributed by atoms with Crippen LogP contribution in [0.2, 0.25) is 0 Å². The quantitative estimate of drug-likeness (QED) is 0.487. The number of fused-ring (bicyclic) bond motifs is 3. The van der Waals surface area contributed by atoms with E-state index >= 15 is 0 Å². The predicted octanol–water partition coefficient (Wildman–Crippen LogP) is 4.40. The van der Waals surface area contributed by atoms with E-state index in [0.29, 0.717) is 35.2 Å². The second-order valence-electron chi connectivity index (χ2n) is 10.6. The number of rotatable bonds is 1. The van der Waals surface area contributed by atoms with Crippen LogP contribution in [0.4, 0.5) is 28.1 Å². The highest BCUT2D eigenvalue weighted by Crippen LogP contribution is 2.44. The molecule has 2 aromatic heterocycles. The smallest absolute Gasteiger partial charge is 0.256 e. The molecule has 3 aromatic rings. The van der Waals surface area contributed by atoms with Gasteiger partial charge in [-0.25, -0.2) is 4.98 Å². The monoisotopic (exact) mass is 519 g/mol. The molecule has 7 rings (SSSR count). The van der Waals surface area contributed by atoms with Crippen molar-refractivity contribution in [2.24, 2.45) is 5.41 Å². The second kappa shape index (κ2) is 8.69. The van der Waals surface area contributed by atoms with Gasteiger partial charge in [-0.15, -0.1) is 0 Å². The highest BCUT2D eigenvalue weighted by atomic mass is 32.1. The lowest BCUT2D eigenvalue weighted by molar-refractivity contribution is -0.125. The third-order valence-corrected chi connectivity index (χ3v) is 8.29. The van der Waals surface area contributed by atoms with E-state index in [-0.39, 0.29) is 23.8 Å². The normalized spacial score (nSPS) is 22.3. The number of anilines is 5. The maximum absolute atomic E-state index is 13.4. The average Bonchev–Trinajstić information content (AvgIpc) is 3.54. The van der Waals surface area contributed by atoms with Gasteiger partial charge in [0.05, 0.1) is 30.1 Å². The number of nitrogens with zero attached hydrogens (tertiary/aromatic N) is 5. The molecule has 2 N–H and O–H groups in total. The van der Waals surface area contributed by atoms with E-state index in [4.69, 9.17) is 9.72 Å². The van der Waals surface area contributed by atoms with E-state index in [0.717, 1.165) is 35.8 Å². The molecule has 8 bridgehead atoms. The van der Waals surface area contributed by atoms with Crippen LogP contribution in [0, 0.1) is 5.41 Å². The summed E-state index contributed by atoms with van der Waals surface area (Å²) >= 11 is 1.30. The molecule has 1 aromatic carbocycles. The van der Waals surface area contributed by atoms with Crippen LogP contribution in [0.3, 0.4) is 0 Å². The number of methoxy groups -OCH3 is 1. The number of aromatic nitrogens is 3. The highest BCUT2D eigenvalue weighted by Gasteiger charge is 2.43. The fraction of sp³-hybridized carbons (Fsp3) is 0.423. The Balaban J connectivity index is 1.50. The standard InChI is InChI=1S/C26H29N7O3S/c1-26(2)13-33-16-7-5-14(9-16)18-11-21(37-31-18)29-23(34)15-6-8-17(20(10-15)36-4)28-25-27-12-19(22(33)30-25)32(3)24(26)35/h6,8,10-12,14,16H,5,7,9,13H2,1-4H3,(H,29,34)(H,27,28,30). The zero-order valence-corrected chi connectivity index (χ0v) is 22.1. The third kappa shape index (κ3) is 4.07. The molecule has 1 aliphatic carbocycles. The number of carbonyl (C=O) groups excluding carboxylic acids is 2. The third-order valence-electron chi connectivity index (χ3n) is 7.57. The Labute approximate surface area is 219 Å². The summed E-state index contributed by atoms with van der Waals surface area (Å²) in [6, 6.07) is 7.36. The summed E-state index contributed by atoms with van der Waals surface area (Å²) in [6.45, 7) is 4.52. The molecule has 4 aliphatic rings. The average molecular weight is 520 g/mol. The minimum Gasteiger partial charge on any atom is -0.495 e. The van der Waals surface area contributed by atoms with Gasteiger partial charge in [0.15, 0.2) is 5.82 Å². The zero-order valence-electron chi connectivity index (χ0n) is 21.2. The molecule has 0 radical (unpaired) electrons. The van der Waals surface area contributed by atoms with Crippen LogP contribution < -0.4 is 25.2 Å². The Morgan fingerprint density at radius 3 is 2.81 bits per heavy atom. The molecule has 2 atom stereocenters. The van der Waals surface area contributed by atoms with Gasteiger partial charge in [-0.2, -0.15) is 9.36 Å². The van der Waals surface area contributed by atoms with Gasteiger partial charge in [-0.1, -0.05) is 0 Å². The SMILES string of the molecule is COc1cc2ccc1Nc1ncc3c(n1)N(CC(C)(C)C(=O)N3C)C1CCC(C1)c1cc(sn1)NC2=O. The van der Waals surface area contributed by atoms with E-state index < -0.39 is 5.41 Å². The number of amides is 2. The van der Waals surface area contributed by atoms with Crippen molar-refractivity contribution in [3.63, 3.8) is 0 Å². The van der Waals surface area contributed by atoms with Crippen LogP contribution in [0.25, 0.3) is 0 Å². The first-order valence-corrected chi connectivity index (χ1v) is 13.2. The molecule has 2 unspecified atom stereocenters. The molecule has 2 amide bonds. The number of nitrogens with one attached hydrogen (secondary N) is 2. The Kier molecular flexibility index (Phi) is 5.55. The minimum atomic E-state index is -0.600. The topological polar surface area (TPSA) is 113 Å². The van der Waals surface area contributed by atoms with E-state index in [1.54, 1.807) is 43.5 Å². The molecule has 192 valence electrons. The molecule has 0 spiro atoms. The van der Waals surface area contributed by atoms with Crippen molar-refractivity contribution in [1.82, 2.24) is 14.3 Å². The Hall–Kier alpha value is -3.73. The van der Waals surface area contributed by atoms with Crippen LogP contribution in [0.15, 0.2) is 30.5 Å². The second-order valence-corrected chi connectivity index (χ2v) is 11.4. The first-order chi connectivity index (χ1) is 17.7. The summed E-state index contributed by atoms with van der Waals surface area (Å²) in [5.41, 5.74) is 2.19. The molecular weight excluding hydrogens is 490 g/mol. The van der Waals surface area contributed by atoms with Crippen LogP contribution >= 0.6 is 11.5 Å². The molecule has 11 heteroatoms. The van der Waals surface area contributed by atoms with Crippen molar-refractivity contribution < 1.29 is 14.3 Å². The van der Waals surface area contributed by atoms with Crippen molar-refractivity contribution in [2.45, 2.75) is 45.1 Å². The maximum Gasteiger partial charge on any atom is 0.256 e. The Bertz CT molecular complexity index is 1400. The first-order valence-electron chi connectivity index (χ1n) is 12.4. The molecule has 10 nitrogen and oxygen atoms in total. The molecular formula is C26H29N7O3S. The van der Waals surface area contributed by atoms with Gasteiger partial charge in [0, 0.05) is 31.1 Å². The summed E-state index contributed by atoms with van der Waals surface area (Å²) < 4.78 is 10.3. The molecule has 0 saturated heterocycles. The van der Waals surface area contributed by atoms with Gasteiger partial charge in [-0.05, 0) is 68.9 Å². The summed E-state index contributed by atoms with van der Waals surface area (Å²) in [7, 11) is 3.34. The fourth-order valence-corrected chi connectivity index (χ4v) is 6.32. The molecule has 3 aliphatic heterocycles. The van der Waals surface area contributed by atoms with Gasteiger partial charge < -0.3 is 25.2 Å². The predicted molar refractivity (Wildman–Crippen MR) is 143 cm³/mol. The highest BCUT2D eigenvalue weighted by molar-refractivity contribution is 7.10. The number of ether oxygens (including phenoxy) is 1. The molecule has 5 heterocycles. The van der Waals surface area contributed by atoms with E-state index in [1.807, 2.05) is 19.9 Å². The lowest BCUT2D eigenvalue weighted by Crippen LogP contribution is -2.45. The summed E-state index contributed by atoms with van der Waals surface area (Å²) in [4.78, 5) is 39.8. The van der Waals surface area contributed by atoms with Crippen molar-refractivity contribution >= 4 is 51.5 Å². The molecule has 1 saturated carbocycles. The van der Waals surface area contributed by atoms with Crippen LogP contribution in [0.5, 0.6) is 5.75 Å². The summed E-state index contributed by atoms with van der Waals surface area (Å²) in [5.74, 6) is 1.70. The molecule has 37 heavy (non-hydrogen) atoms. The lowest BCUT2D eigenvalue weighted by Gasteiger charge is -2.34. The number of hydrogen-bond donors (Lipinski definition) is 2. The van der Waals surface area contributed by atoms with Gasteiger partial charge in [-0.3, -0.25) is 9.59 Å². The zero-order chi connectivity index (χ0) is 25.9. The van der Waals surface area contributed by atoms with E-state index in [1.165, 1.54) is 11.5 Å². The Morgan fingerprint density at radius 1 is 1.16 bits per heavy atom. The van der Waals surface area contributed by atoms with E-state index in [2.05, 4.69) is 24.9 Å². The van der Waals surface area contributed by atoms with Gasteiger partial charge >= 0.3 is 0 Å². The van der Waals surface area contributed by atoms with Crippen LogP contribution in [0.1, 0.15) is 55.1 Å². The summed E-state index contributed by atoms with van der Waals surface area (Å²) in [6.07, 6.45) is 4.53. The number of carbonyl (C=O) groups is 2. The summed E-state index contributed by atoms with van der Waals surface area (Å²) in [5, 5.41) is 6.95. The van der Waals surface area contributed by atoms with Crippen molar-refractivity contribution in [2.75, 3.05) is 41.1 Å². The number of benzene rings is 1. The van der Waals surface area contributed by atoms with Gasteiger partial charge in [0.25, 0.3) is 5.91 Å². The van der Waals surface area contributed by atoms with E-state index in [9.17, 15) is 9.59 Å². The maximum atomic E-state index is 13.4. The molecule has 1 fully saturated rings. The fourth-order valence-electron chi connectivity index (χ4n) is 5.60. The van der Waals surface area contributed by atoms with Crippen LogP contribution in [-0.4, -0.2) is 52.9 Å². The largest absolute Gasteiger partial charge is 0.495 e. The Morgan fingerprint density at radius 2 is 2.00 bits per heavy atom. The van der Waals surface area contributed by atoms with Gasteiger partial charge in [0.2, 0.25) is 11.9 Å². The van der Waals surface area contributed by atoms with Crippen LogP contribution in [-0.2, 0) is 4.79 Å². The van der Waals surface area contributed by atoms with Gasteiger partial charge in [0.1, 0.15) is 16.4 Å².